The highest BCUT2D eigenvalue weighted by Crippen LogP contribution is 2.42. The number of allylic oxidation sites excluding steroid dienone is 2. The van der Waals surface area contributed by atoms with E-state index in [-0.39, 0.29) is 0 Å². The molecular weight excluding hydrogens is 196 g/mol. The zero-order valence-corrected chi connectivity index (χ0v) is 10.4. The SMILES string of the molecule is CC1C2=C(CCN1C)C1C=CC=CC1N2C. The molecule has 0 aromatic carbocycles. The topological polar surface area (TPSA) is 6.48 Å². The Morgan fingerprint density at radius 1 is 1.19 bits per heavy atom. The smallest absolute Gasteiger partial charge is 0.0571 e. The van der Waals surface area contributed by atoms with Crippen LogP contribution in [0.25, 0.3) is 0 Å². The van der Waals surface area contributed by atoms with Crippen LogP contribution in [0.2, 0.25) is 0 Å². The van der Waals surface area contributed by atoms with E-state index in [4.69, 9.17) is 0 Å². The second kappa shape index (κ2) is 3.49. The molecule has 0 aromatic heterocycles. The van der Waals surface area contributed by atoms with Crippen molar-refractivity contribution in [2.24, 2.45) is 5.92 Å². The maximum absolute atomic E-state index is 2.49. The molecule has 3 aliphatic rings. The Labute approximate surface area is 97.9 Å². The Kier molecular flexibility index (Phi) is 2.21. The predicted molar refractivity (Wildman–Crippen MR) is 67.1 cm³/mol. The van der Waals surface area contributed by atoms with E-state index in [9.17, 15) is 0 Å². The average Bonchev–Trinajstić information content (AvgIpc) is 2.59. The van der Waals surface area contributed by atoms with Gasteiger partial charge in [-0.15, -0.1) is 0 Å². The summed E-state index contributed by atoms with van der Waals surface area (Å²) in [5.74, 6) is 0.640. The average molecular weight is 216 g/mol. The number of hydrogen-bond acceptors (Lipinski definition) is 2. The molecule has 3 atom stereocenters. The Bertz CT molecular complexity index is 392. The highest BCUT2D eigenvalue weighted by molar-refractivity contribution is 5.39. The van der Waals surface area contributed by atoms with Gasteiger partial charge in [-0.05, 0) is 26.0 Å². The lowest BCUT2D eigenvalue weighted by atomic mass is 9.87. The Morgan fingerprint density at radius 3 is 2.75 bits per heavy atom. The first-order valence-corrected chi connectivity index (χ1v) is 6.21. The zero-order valence-electron chi connectivity index (χ0n) is 10.4. The van der Waals surface area contributed by atoms with E-state index in [2.05, 4.69) is 55.1 Å². The minimum atomic E-state index is 0.571. The fourth-order valence-electron chi connectivity index (χ4n) is 3.40. The van der Waals surface area contributed by atoms with Crippen LogP contribution >= 0.6 is 0 Å². The fraction of sp³-hybridized carbons (Fsp3) is 0.571. The third-order valence-electron chi connectivity index (χ3n) is 4.46. The maximum Gasteiger partial charge on any atom is 0.0571 e. The number of rotatable bonds is 0. The van der Waals surface area contributed by atoms with Crippen molar-refractivity contribution in [3.63, 3.8) is 0 Å². The minimum absolute atomic E-state index is 0.571. The third-order valence-corrected chi connectivity index (χ3v) is 4.46. The Hall–Kier alpha value is -1.02. The minimum Gasteiger partial charge on any atom is -0.369 e. The van der Waals surface area contributed by atoms with Gasteiger partial charge in [0.1, 0.15) is 0 Å². The summed E-state index contributed by atoms with van der Waals surface area (Å²) in [7, 11) is 4.48. The van der Waals surface area contributed by atoms with Crippen LogP contribution in [-0.2, 0) is 0 Å². The molecule has 0 aromatic rings. The van der Waals surface area contributed by atoms with Crippen molar-refractivity contribution in [1.29, 1.82) is 0 Å². The van der Waals surface area contributed by atoms with E-state index in [1.807, 2.05) is 0 Å². The van der Waals surface area contributed by atoms with Crippen LogP contribution in [0.4, 0.5) is 0 Å². The van der Waals surface area contributed by atoms with Crippen molar-refractivity contribution in [1.82, 2.24) is 9.80 Å². The van der Waals surface area contributed by atoms with Gasteiger partial charge in [0.25, 0.3) is 0 Å². The van der Waals surface area contributed by atoms with E-state index in [0.29, 0.717) is 18.0 Å². The largest absolute Gasteiger partial charge is 0.369 e. The molecule has 16 heavy (non-hydrogen) atoms. The molecular formula is C14H20N2. The number of fused-ring (bicyclic) bond motifs is 2. The molecule has 2 nitrogen and oxygen atoms in total. The van der Waals surface area contributed by atoms with Gasteiger partial charge in [-0.2, -0.15) is 0 Å². The summed E-state index contributed by atoms with van der Waals surface area (Å²) >= 11 is 0. The molecule has 0 saturated carbocycles. The molecule has 2 heterocycles. The third kappa shape index (κ3) is 1.23. The summed E-state index contributed by atoms with van der Waals surface area (Å²) < 4.78 is 0. The molecule has 0 radical (unpaired) electrons. The van der Waals surface area contributed by atoms with E-state index in [1.54, 1.807) is 11.3 Å². The number of likely N-dealkylation sites (N-methyl/N-ethyl adjacent to an activating group) is 2. The first-order chi connectivity index (χ1) is 7.70. The summed E-state index contributed by atoms with van der Waals surface area (Å²) in [4.78, 5) is 4.94. The number of nitrogens with zero attached hydrogens (tertiary/aromatic N) is 2. The molecule has 0 fully saturated rings. The van der Waals surface area contributed by atoms with Gasteiger partial charge in [0, 0.05) is 31.2 Å². The van der Waals surface area contributed by atoms with Gasteiger partial charge in [0.05, 0.1) is 6.04 Å². The lowest BCUT2D eigenvalue weighted by Crippen LogP contribution is -2.40. The second-order valence-electron chi connectivity index (χ2n) is 5.21. The van der Waals surface area contributed by atoms with Gasteiger partial charge in [0.2, 0.25) is 0 Å². The lowest BCUT2D eigenvalue weighted by Gasteiger charge is -2.35. The molecule has 0 spiro atoms. The lowest BCUT2D eigenvalue weighted by molar-refractivity contribution is 0.230. The normalized spacial score (nSPS) is 37.9. The number of hydrogen-bond donors (Lipinski definition) is 0. The first kappa shape index (κ1) is 10.2. The van der Waals surface area contributed by atoms with Crippen molar-refractivity contribution in [3.8, 4) is 0 Å². The van der Waals surface area contributed by atoms with Crippen LogP contribution in [0.1, 0.15) is 13.3 Å². The van der Waals surface area contributed by atoms with E-state index < -0.39 is 0 Å². The highest BCUT2D eigenvalue weighted by Gasteiger charge is 2.40. The van der Waals surface area contributed by atoms with Crippen LogP contribution in [0, 0.1) is 5.92 Å². The monoisotopic (exact) mass is 216 g/mol. The summed E-state index contributed by atoms with van der Waals surface area (Å²) in [6, 6.07) is 1.14. The molecule has 2 heteroatoms. The van der Waals surface area contributed by atoms with Gasteiger partial charge in [-0.1, -0.05) is 24.3 Å². The molecule has 86 valence electrons. The molecule has 0 bridgehead atoms. The van der Waals surface area contributed by atoms with Gasteiger partial charge in [-0.25, -0.2) is 0 Å². The maximum atomic E-state index is 2.49. The second-order valence-corrected chi connectivity index (χ2v) is 5.21. The summed E-state index contributed by atoms with van der Waals surface area (Å²) in [6.07, 6.45) is 10.3. The standard InChI is InChI=1S/C14H20N2/c1-10-14-12(8-9-15(10)2)11-6-4-5-7-13(11)16(14)3/h4-7,10-11,13H,8-9H2,1-3H3. The highest BCUT2D eigenvalue weighted by atomic mass is 15.2. The van der Waals surface area contributed by atoms with Crippen LogP contribution in [-0.4, -0.2) is 42.5 Å². The summed E-state index contributed by atoms with van der Waals surface area (Å²) in [6.45, 7) is 3.53. The Balaban J connectivity index is 2.02. The quantitative estimate of drug-likeness (QED) is 0.611. The predicted octanol–water partition coefficient (Wildman–Crippen LogP) is 2.02. The molecule has 3 unspecified atom stereocenters. The molecule has 1 aliphatic carbocycles. The summed E-state index contributed by atoms with van der Waals surface area (Å²) in [5.41, 5.74) is 3.25. The van der Waals surface area contributed by atoms with Crippen molar-refractivity contribution < 1.29 is 0 Å². The van der Waals surface area contributed by atoms with Gasteiger partial charge < -0.3 is 4.90 Å². The molecule has 3 rings (SSSR count). The van der Waals surface area contributed by atoms with E-state index in [0.717, 1.165) is 0 Å². The van der Waals surface area contributed by atoms with Crippen molar-refractivity contribution in [2.75, 3.05) is 20.6 Å². The molecule has 0 N–H and O–H groups in total. The molecule has 0 amide bonds. The van der Waals surface area contributed by atoms with Crippen LogP contribution in [0.15, 0.2) is 35.6 Å². The first-order valence-electron chi connectivity index (χ1n) is 6.21. The van der Waals surface area contributed by atoms with Gasteiger partial charge >= 0.3 is 0 Å². The molecule has 0 saturated heterocycles. The Morgan fingerprint density at radius 2 is 1.94 bits per heavy atom. The summed E-state index contributed by atoms with van der Waals surface area (Å²) in [5, 5.41) is 0. The van der Waals surface area contributed by atoms with Crippen LogP contribution in [0.3, 0.4) is 0 Å². The van der Waals surface area contributed by atoms with Crippen molar-refractivity contribution in [2.45, 2.75) is 25.4 Å². The van der Waals surface area contributed by atoms with E-state index in [1.165, 1.54) is 13.0 Å². The van der Waals surface area contributed by atoms with Crippen molar-refractivity contribution >= 4 is 0 Å². The fourth-order valence-corrected chi connectivity index (χ4v) is 3.40. The van der Waals surface area contributed by atoms with Crippen LogP contribution < -0.4 is 0 Å². The van der Waals surface area contributed by atoms with Crippen LogP contribution in [0.5, 0.6) is 0 Å². The van der Waals surface area contributed by atoms with E-state index >= 15 is 0 Å². The van der Waals surface area contributed by atoms with Gasteiger partial charge in [-0.3, -0.25) is 4.90 Å². The van der Waals surface area contributed by atoms with Crippen molar-refractivity contribution in [3.05, 3.63) is 35.6 Å². The van der Waals surface area contributed by atoms with Gasteiger partial charge in [0.15, 0.2) is 0 Å². The zero-order chi connectivity index (χ0) is 11.3. The molecule has 2 aliphatic heterocycles.